The average Bonchev–Trinajstić information content (AvgIpc) is 2.23. The Bertz CT molecular complexity index is 351. The summed E-state index contributed by atoms with van der Waals surface area (Å²) in [4.78, 5) is 16.2. The van der Waals surface area contributed by atoms with Crippen molar-refractivity contribution < 1.29 is 0 Å². The van der Waals surface area contributed by atoms with Gasteiger partial charge in [-0.2, -0.15) is 15.0 Å². The van der Waals surface area contributed by atoms with Crippen molar-refractivity contribution in [2.45, 2.75) is 6.42 Å². The Balaban J connectivity index is 2.53. The van der Waals surface area contributed by atoms with Crippen molar-refractivity contribution in [1.29, 1.82) is 0 Å². The second-order valence-corrected chi connectivity index (χ2v) is 4.30. The molecule has 0 aromatic carbocycles. The summed E-state index contributed by atoms with van der Waals surface area (Å²) in [6.45, 7) is 1.84. The van der Waals surface area contributed by atoms with Crippen LogP contribution in [-0.4, -0.2) is 61.1 Å². The molecule has 1 rings (SSSR count). The van der Waals surface area contributed by atoms with Crippen LogP contribution in [0.25, 0.3) is 0 Å². The molecular weight excluding hydrogens is 218 g/mol. The van der Waals surface area contributed by atoms with Crippen LogP contribution in [0.1, 0.15) is 6.42 Å². The maximum absolute atomic E-state index is 5.61. The van der Waals surface area contributed by atoms with Crippen LogP contribution in [0.5, 0.6) is 0 Å². The molecule has 0 spiro atoms. The zero-order chi connectivity index (χ0) is 12.8. The number of nitrogens with two attached hydrogens (primary N) is 1. The zero-order valence-corrected chi connectivity index (χ0v) is 10.9. The molecule has 1 heterocycles. The molecule has 0 bridgehead atoms. The van der Waals surface area contributed by atoms with Gasteiger partial charge in [0.1, 0.15) is 0 Å². The van der Waals surface area contributed by atoms with Crippen LogP contribution in [0.3, 0.4) is 0 Å². The monoisotopic (exact) mass is 239 g/mol. The summed E-state index contributed by atoms with van der Waals surface area (Å²) < 4.78 is 0. The Morgan fingerprint density at radius 1 is 1.12 bits per heavy atom. The van der Waals surface area contributed by atoms with E-state index in [1.165, 1.54) is 0 Å². The van der Waals surface area contributed by atoms with Crippen molar-refractivity contribution in [3.8, 4) is 0 Å². The summed E-state index contributed by atoms with van der Waals surface area (Å²) in [5.41, 5.74) is 5.61. The van der Waals surface area contributed by atoms with Crippen LogP contribution in [0.15, 0.2) is 0 Å². The van der Waals surface area contributed by atoms with E-state index in [4.69, 9.17) is 5.73 Å². The summed E-state index contributed by atoms with van der Waals surface area (Å²) >= 11 is 0. The van der Waals surface area contributed by atoms with Gasteiger partial charge < -0.3 is 20.9 Å². The van der Waals surface area contributed by atoms with E-state index < -0.39 is 0 Å². The van der Waals surface area contributed by atoms with Gasteiger partial charge in [-0.25, -0.2) is 0 Å². The van der Waals surface area contributed by atoms with Crippen molar-refractivity contribution in [1.82, 2.24) is 19.9 Å². The summed E-state index contributed by atoms with van der Waals surface area (Å²) in [5.74, 6) is 1.33. The number of hydrogen-bond acceptors (Lipinski definition) is 7. The maximum atomic E-state index is 5.61. The van der Waals surface area contributed by atoms with Crippen molar-refractivity contribution in [3.63, 3.8) is 0 Å². The molecule has 96 valence electrons. The van der Waals surface area contributed by atoms with Crippen LogP contribution in [-0.2, 0) is 0 Å². The molecule has 0 amide bonds. The lowest BCUT2D eigenvalue weighted by atomic mass is 10.4. The first-order chi connectivity index (χ1) is 7.99. The molecule has 0 aliphatic carbocycles. The summed E-state index contributed by atoms with van der Waals surface area (Å²) in [5, 5.41) is 3.14. The molecule has 0 saturated carbocycles. The van der Waals surface area contributed by atoms with Gasteiger partial charge >= 0.3 is 0 Å². The first-order valence-corrected chi connectivity index (χ1v) is 5.56. The number of aromatic nitrogens is 3. The Kier molecular flexibility index (Phi) is 4.89. The van der Waals surface area contributed by atoms with Gasteiger partial charge in [0.2, 0.25) is 17.8 Å². The highest BCUT2D eigenvalue weighted by Crippen LogP contribution is 2.08. The fourth-order valence-electron chi connectivity index (χ4n) is 1.26. The van der Waals surface area contributed by atoms with E-state index in [0.717, 1.165) is 19.5 Å². The molecule has 0 unspecified atom stereocenters. The lowest BCUT2D eigenvalue weighted by Crippen LogP contribution is -2.19. The average molecular weight is 239 g/mol. The predicted octanol–water partition coefficient (Wildman–Crippen LogP) is -0.117. The van der Waals surface area contributed by atoms with Crippen LogP contribution in [0.2, 0.25) is 0 Å². The lowest BCUT2D eigenvalue weighted by molar-refractivity contribution is 0.405. The first-order valence-electron chi connectivity index (χ1n) is 5.56. The summed E-state index contributed by atoms with van der Waals surface area (Å²) in [7, 11) is 7.82. The van der Waals surface area contributed by atoms with Gasteiger partial charge in [0.15, 0.2) is 0 Å². The van der Waals surface area contributed by atoms with E-state index in [1.807, 2.05) is 28.2 Å². The molecule has 17 heavy (non-hydrogen) atoms. The van der Waals surface area contributed by atoms with E-state index in [0.29, 0.717) is 11.9 Å². The molecule has 1 aromatic rings. The third kappa shape index (κ3) is 4.81. The molecule has 7 nitrogen and oxygen atoms in total. The highest BCUT2D eigenvalue weighted by molar-refractivity contribution is 5.40. The Morgan fingerprint density at radius 2 is 1.82 bits per heavy atom. The van der Waals surface area contributed by atoms with E-state index in [1.54, 1.807) is 4.90 Å². The van der Waals surface area contributed by atoms with Crippen molar-refractivity contribution in [3.05, 3.63) is 0 Å². The van der Waals surface area contributed by atoms with E-state index in [2.05, 4.69) is 25.2 Å². The van der Waals surface area contributed by atoms with Crippen LogP contribution < -0.4 is 16.0 Å². The number of nitrogens with zero attached hydrogens (tertiary/aromatic N) is 5. The largest absolute Gasteiger partial charge is 0.368 e. The predicted molar refractivity (Wildman–Crippen MR) is 70.2 cm³/mol. The molecule has 0 saturated heterocycles. The number of nitrogen functional groups attached to an aromatic ring is 1. The number of rotatable bonds is 6. The highest BCUT2D eigenvalue weighted by atomic mass is 15.3. The second kappa shape index (κ2) is 6.19. The van der Waals surface area contributed by atoms with E-state index in [-0.39, 0.29) is 5.95 Å². The van der Waals surface area contributed by atoms with E-state index >= 15 is 0 Å². The third-order valence-electron chi connectivity index (χ3n) is 2.11. The minimum Gasteiger partial charge on any atom is -0.368 e. The molecule has 1 aromatic heterocycles. The molecule has 3 N–H and O–H groups in total. The smallest absolute Gasteiger partial charge is 0.231 e. The van der Waals surface area contributed by atoms with Crippen LogP contribution in [0.4, 0.5) is 17.8 Å². The van der Waals surface area contributed by atoms with Crippen LogP contribution in [0, 0.1) is 0 Å². The van der Waals surface area contributed by atoms with Gasteiger partial charge in [-0.15, -0.1) is 0 Å². The Morgan fingerprint density at radius 3 is 2.41 bits per heavy atom. The van der Waals surface area contributed by atoms with Gasteiger partial charge in [-0.1, -0.05) is 0 Å². The Labute approximate surface area is 102 Å². The summed E-state index contributed by atoms with van der Waals surface area (Å²) in [6, 6.07) is 0. The maximum Gasteiger partial charge on any atom is 0.231 e. The highest BCUT2D eigenvalue weighted by Gasteiger charge is 2.05. The summed E-state index contributed by atoms with van der Waals surface area (Å²) in [6.07, 6.45) is 1.02. The number of anilines is 3. The normalized spacial score (nSPS) is 10.6. The molecule has 0 radical (unpaired) electrons. The minimum atomic E-state index is 0.235. The van der Waals surface area contributed by atoms with Gasteiger partial charge in [0.05, 0.1) is 0 Å². The van der Waals surface area contributed by atoms with Gasteiger partial charge in [-0.3, -0.25) is 0 Å². The molecular formula is C10H21N7. The molecule has 0 aliphatic heterocycles. The van der Waals surface area contributed by atoms with Crippen molar-refractivity contribution in [2.24, 2.45) is 0 Å². The van der Waals surface area contributed by atoms with Gasteiger partial charge in [-0.05, 0) is 27.1 Å². The SMILES string of the molecule is CN(C)CCCNc1nc(N)nc(N(C)C)n1. The van der Waals surface area contributed by atoms with Crippen molar-refractivity contribution in [2.75, 3.05) is 57.2 Å². The zero-order valence-electron chi connectivity index (χ0n) is 10.9. The fourth-order valence-corrected chi connectivity index (χ4v) is 1.26. The lowest BCUT2D eigenvalue weighted by Gasteiger charge is -2.13. The number of nitrogens with one attached hydrogen (secondary N) is 1. The van der Waals surface area contributed by atoms with Gasteiger partial charge in [0.25, 0.3) is 0 Å². The van der Waals surface area contributed by atoms with Gasteiger partial charge in [0, 0.05) is 20.6 Å². The van der Waals surface area contributed by atoms with E-state index in [9.17, 15) is 0 Å². The van der Waals surface area contributed by atoms with Crippen LogP contribution >= 0.6 is 0 Å². The molecule has 0 fully saturated rings. The fraction of sp³-hybridized carbons (Fsp3) is 0.700. The standard InChI is InChI=1S/C10H21N7/c1-16(2)7-5-6-12-9-13-8(11)14-10(15-9)17(3)4/h5-7H2,1-4H3,(H3,11,12,13,14,15). The topological polar surface area (TPSA) is 83.2 Å². The first kappa shape index (κ1) is 13.4. The number of hydrogen-bond donors (Lipinski definition) is 2. The quantitative estimate of drug-likeness (QED) is 0.670. The minimum absolute atomic E-state index is 0.235. The molecule has 7 heteroatoms. The molecule has 0 atom stereocenters. The Hall–Kier alpha value is -1.63. The molecule has 0 aliphatic rings. The van der Waals surface area contributed by atoms with Crippen molar-refractivity contribution >= 4 is 17.8 Å². The third-order valence-corrected chi connectivity index (χ3v) is 2.11. The second-order valence-electron chi connectivity index (χ2n) is 4.30.